The van der Waals surface area contributed by atoms with Crippen LogP contribution in [-0.4, -0.2) is 15.6 Å². The van der Waals surface area contributed by atoms with Crippen molar-refractivity contribution in [3.8, 4) is 0 Å². The van der Waals surface area contributed by atoms with Crippen molar-refractivity contribution in [3.63, 3.8) is 0 Å². The summed E-state index contributed by atoms with van der Waals surface area (Å²) in [6.45, 7) is 1.99. The molecule has 1 aromatic heterocycles. The Morgan fingerprint density at radius 3 is 2.69 bits per heavy atom. The van der Waals surface area contributed by atoms with Gasteiger partial charge in [0.15, 0.2) is 0 Å². The molecule has 0 saturated carbocycles. The Balaban J connectivity index is 2.41. The molecule has 0 bridgehead atoms. The van der Waals surface area contributed by atoms with Crippen LogP contribution in [0.5, 0.6) is 0 Å². The second-order valence-corrected chi connectivity index (χ2v) is 4.54. The lowest BCUT2D eigenvalue weighted by Gasteiger charge is -2.02. The first-order valence-corrected chi connectivity index (χ1v) is 5.68. The standard InChI is InChI=1S/C12H11BrN2O/c1-8-3-4-9(10(13)7-8)12(16)11-5-6-15(2)14-11/h3-7H,1-2H3. The highest BCUT2D eigenvalue weighted by Crippen LogP contribution is 2.20. The molecule has 0 amide bonds. The maximum absolute atomic E-state index is 12.1. The van der Waals surface area contributed by atoms with Gasteiger partial charge in [-0.25, -0.2) is 0 Å². The van der Waals surface area contributed by atoms with Crippen molar-refractivity contribution < 1.29 is 4.79 Å². The van der Waals surface area contributed by atoms with Crippen LogP contribution < -0.4 is 0 Å². The van der Waals surface area contributed by atoms with Gasteiger partial charge in [-0.15, -0.1) is 0 Å². The Kier molecular flexibility index (Phi) is 2.92. The average Bonchev–Trinajstić information content (AvgIpc) is 2.64. The summed E-state index contributed by atoms with van der Waals surface area (Å²) < 4.78 is 2.43. The van der Waals surface area contributed by atoms with E-state index in [1.165, 1.54) is 0 Å². The second-order valence-electron chi connectivity index (χ2n) is 3.69. The highest BCUT2D eigenvalue weighted by atomic mass is 79.9. The first kappa shape index (κ1) is 11.1. The van der Waals surface area contributed by atoms with E-state index in [-0.39, 0.29) is 5.78 Å². The summed E-state index contributed by atoms with van der Waals surface area (Å²) in [6.07, 6.45) is 1.76. The molecule has 0 radical (unpaired) electrons. The van der Waals surface area contributed by atoms with Crippen LogP contribution in [0.3, 0.4) is 0 Å². The molecule has 0 spiro atoms. The van der Waals surface area contributed by atoms with Crippen LogP contribution >= 0.6 is 15.9 Å². The monoisotopic (exact) mass is 278 g/mol. The molecule has 82 valence electrons. The zero-order valence-electron chi connectivity index (χ0n) is 9.07. The zero-order chi connectivity index (χ0) is 11.7. The smallest absolute Gasteiger partial charge is 0.214 e. The number of ketones is 1. The lowest BCUT2D eigenvalue weighted by molar-refractivity contribution is 0.103. The molecule has 4 heteroatoms. The lowest BCUT2D eigenvalue weighted by atomic mass is 10.1. The molecule has 16 heavy (non-hydrogen) atoms. The molecule has 0 aliphatic carbocycles. The summed E-state index contributed by atoms with van der Waals surface area (Å²) in [5.74, 6) is -0.0625. The lowest BCUT2D eigenvalue weighted by Crippen LogP contribution is -2.04. The van der Waals surface area contributed by atoms with Crippen molar-refractivity contribution in [1.29, 1.82) is 0 Å². The Labute approximate surface area is 102 Å². The number of halogens is 1. The molecule has 0 aliphatic heterocycles. The van der Waals surface area contributed by atoms with E-state index in [1.54, 1.807) is 24.0 Å². The molecule has 0 N–H and O–H groups in total. The van der Waals surface area contributed by atoms with Gasteiger partial charge in [0, 0.05) is 23.3 Å². The number of hydrogen-bond acceptors (Lipinski definition) is 2. The predicted molar refractivity (Wildman–Crippen MR) is 65.5 cm³/mol. The highest BCUT2D eigenvalue weighted by Gasteiger charge is 2.14. The van der Waals surface area contributed by atoms with Crippen LogP contribution in [0.25, 0.3) is 0 Å². The molecule has 0 unspecified atom stereocenters. The van der Waals surface area contributed by atoms with Gasteiger partial charge < -0.3 is 0 Å². The number of aryl methyl sites for hydroxylation is 2. The van der Waals surface area contributed by atoms with Gasteiger partial charge in [-0.05, 0) is 30.7 Å². The van der Waals surface area contributed by atoms with Crippen molar-refractivity contribution in [3.05, 3.63) is 51.8 Å². The quantitative estimate of drug-likeness (QED) is 0.792. The fraction of sp³-hybridized carbons (Fsp3) is 0.167. The fourth-order valence-electron chi connectivity index (χ4n) is 1.48. The van der Waals surface area contributed by atoms with Crippen LogP contribution in [0, 0.1) is 6.92 Å². The third kappa shape index (κ3) is 2.07. The Hall–Kier alpha value is -1.42. The summed E-state index contributed by atoms with van der Waals surface area (Å²) in [4.78, 5) is 12.1. The molecule has 3 nitrogen and oxygen atoms in total. The Bertz CT molecular complexity index is 546. The normalized spacial score (nSPS) is 10.4. The number of benzene rings is 1. The van der Waals surface area contributed by atoms with Crippen molar-refractivity contribution in [1.82, 2.24) is 9.78 Å². The highest BCUT2D eigenvalue weighted by molar-refractivity contribution is 9.10. The van der Waals surface area contributed by atoms with Gasteiger partial charge >= 0.3 is 0 Å². The maximum atomic E-state index is 12.1. The molecular formula is C12H11BrN2O. The van der Waals surface area contributed by atoms with Gasteiger partial charge in [-0.1, -0.05) is 22.0 Å². The van der Waals surface area contributed by atoms with Crippen LogP contribution in [0.15, 0.2) is 34.9 Å². The van der Waals surface area contributed by atoms with E-state index < -0.39 is 0 Å². The van der Waals surface area contributed by atoms with E-state index in [0.717, 1.165) is 10.0 Å². The topological polar surface area (TPSA) is 34.9 Å². The molecular weight excluding hydrogens is 268 g/mol. The van der Waals surface area contributed by atoms with Gasteiger partial charge in [0.25, 0.3) is 0 Å². The van der Waals surface area contributed by atoms with Crippen molar-refractivity contribution in [2.75, 3.05) is 0 Å². The summed E-state index contributed by atoms with van der Waals surface area (Å²) in [6, 6.07) is 7.38. The van der Waals surface area contributed by atoms with Crippen LogP contribution in [0.4, 0.5) is 0 Å². The van der Waals surface area contributed by atoms with Gasteiger partial charge in [-0.3, -0.25) is 9.48 Å². The summed E-state index contributed by atoms with van der Waals surface area (Å²) in [5, 5.41) is 4.10. The molecule has 0 fully saturated rings. The van der Waals surface area contributed by atoms with Crippen molar-refractivity contribution in [2.24, 2.45) is 7.05 Å². The summed E-state index contributed by atoms with van der Waals surface area (Å²) >= 11 is 3.40. The summed E-state index contributed by atoms with van der Waals surface area (Å²) in [7, 11) is 1.79. The number of carbonyl (C=O) groups excluding carboxylic acids is 1. The molecule has 0 aliphatic rings. The molecule has 0 saturated heterocycles. The third-order valence-corrected chi connectivity index (χ3v) is 2.97. The van der Waals surface area contributed by atoms with Gasteiger partial charge in [-0.2, -0.15) is 5.10 Å². The third-order valence-electron chi connectivity index (χ3n) is 2.32. The van der Waals surface area contributed by atoms with E-state index in [0.29, 0.717) is 11.3 Å². The van der Waals surface area contributed by atoms with Gasteiger partial charge in [0.2, 0.25) is 5.78 Å². The van der Waals surface area contributed by atoms with E-state index in [1.807, 2.05) is 25.1 Å². The second kappa shape index (κ2) is 4.22. The first-order chi connectivity index (χ1) is 7.58. The van der Waals surface area contributed by atoms with Crippen LogP contribution in [0.2, 0.25) is 0 Å². The Morgan fingerprint density at radius 1 is 1.38 bits per heavy atom. The van der Waals surface area contributed by atoms with Gasteiger partial charge in [0.05, 0.1) is 0 Å². The van der Waals surface area contributed by atoms with Crippen molar-refractivity contribution >= 4 is 21.7 Å². The summed E-state index contributed by atoms with van der Waals surface area (Å²) in [5.41, 5.74) is 2.22. The largest absolute Gasteiger partial charge is 0.287 e. The minimum Gasteiger partial charge on any atom is -0.287 e. The van der Waals surface area contributed by atoms with Crippen LogP contribution in [-0.2, 0) is 7.05 Å². The number of hydrogen-bond donors (Lipinski definition) is 0. The van der Waals surface area contributed by atoms with Gasteiger partial charge in [0.1, 0.15) is 5.69 Å². The number of aromatic nitrogens is 2. The molecule has 0 atom stereocenters. The van der Waals surface area contributed by atoms with Crippen LogP contribution in [0.1, 0.15) is 21.6 Å². The maximum Gasteiger partial charge on any atom is 0.214 e. The van der Waals surface area contributed by atoms with Crippen molar-refractivity contribution in [2.45, 2.75) is 6.92 Å². The average molecular weight is 279 g/mol. The Morgan fingerprint density at radius 2 is 2.12 bits per heavy atom. The SMILES string of the molecule is Cc1ccc(C(=O)c2ccn(C)n2)c(Br)c1. The fourth-order valence-corrected chi connectivity index (χ4v) is 2.15. The number of nitrogens with zero attached hydrogens (tertiary/aromatic N) is 2. The van der Waals surface area contributed by atoms with E-state index in [9.17, 15) is 4.79 Å². The molecule has 2 rings (SSSR count). The molecule has 1 aromatic carbocycles. The molecule has 2 aromatic rings. The number of rotatable bonds is 2. The van der Waals surface area contributed by atoms with E-state index in [4.69, 9.17) is 0 Å². The first-order valence-electron chi connectivity index (χ1n) is 4.88. The minimum absolute atomic E-state index is 0.0625. The minimum atomic E-state index is -0.0625. The van der Waals surface area contributed by atoms with E-state index >= 15 is 0 Å². The molecule has 1 heterocycles. The number of carbonyl (C=O) groups is 1. The van der Waals surface area contributed by atoms with E-state index in [2.05, 4.69) is 21.0 Å². The zero-order valence-corrected chi connectivity index (χ0v) is 10.7. The predicted octanol–water partition coefficient (Wildman–Crippen LogP) is 2.72.